The van der Waals surface area contributed by atoms with Crippen LogP contribution in [0.4, 0.5) is 20.3 Å². The van der Waals surface area contributed by atoms with Crippen LogP contribution in [0, 0.1) is 10.1 Å². The first kappa shape index (κ1) is 16.4. The first-order valence-corrected chi connectivity index (χ1v) is 6.46. The van der Waals surface area contributed by atoms with E-state index in [0.29, 0.717) is 5.56 Å². The van der Waals surface area contributed by atoms with Gasteiger partial charge in [0, 0.05) is 18.8 Å². The lowest BCUT2D eigenvalue weighted by molar-refractivity contribution is -0.384. The molecule has 0 amide bonds. The summed E-state index contributed by atoms with van der Waals surface area (Å²) in [5.74, 6) is 0.166. The maximum absolute atomic E-state index is 12.3. The van der Waals surface area contributed by atoms with Gasteiger partial charge in [-0.1, -0.05) is 6.07 Å². The highest BCUT2D eigenvalue weighted by atomic mass is 19.3. The highest BCUT2D eigenvalue weighted by Gasteiger charge is 2.14. The smallest absolute Gasteiger partial charge is 0.387 e. The SMILES string of the molecule is COc1cc(CNc2ncccc2[N+](=O)[O-])ccc1OC(F)F. The van der Waals surface area contributed by atoms with Crippen molar-refractivity contribution in [3.8, 4) is 11.5 Å². The number of nitrogens with zero attached hydrogens (tertiary/aromatic N) is 2. The van der Waals surface area contributed by atoms with Crippen molar-refractivity contribution in [3.05, 3.63) is 52.2 Å². The number of ether oxygens (including phenoxy) is 2. The molecule has 0 fully saturated rings. The molecule has 1 N–H and O–H groups in total. The Morgan fingerprint density at radius 1 is 1.35 bits per heavy atom. The molecular formula is C14H13F2N3O4. The predicted molar refractivity (Wildman–Crippen MR) is 77.8 cm³/mol. The number of benzene rings is 1. The second-order valence-electron chi connectivity index (χ2n) is 4.35. The van der Waals surface area contributed by atoms with E-state index >= 15 is 0 Å². The van der Waals surface area contributed by atoms with Crippen molar-refractivity contribution in [3.63, 3.8) is 0 Å². The molecule has 0 saturated carbocycles. The summed E-state index contributed by atoms with van der Waals surface area (Å²) in [6, 6.07) is 7.18. The van der Waals surface area contributed by atoms with Crippen LogP contribution in [0.2, 0.25) is 0 Å². The molecule has 7 nitrogen and oxygen atoms in total. The molecule has 0 spiro atoms. The molecule has 0 aliphatic heterocycles. The first-order valence-electron chi connectivity index (χ1n) is 6.46. The number of hydrogen-bond acceptors (Lipinski definition) is 6. The summed E-state index contributed by atoms with van der Waals surface area (Å²) in [6.07, 6.45) is 1.43. The number of halogens is 2. The Morgan fingerprint density at radius 2 is 2.13 bits per heavy atom. The number of methoxy groups -OCH3 is 1. The molecule has 1 heterocycles. The van der Waals surface area contributed by atoms with Crippen LogP contribution < -0.4 is 14.8 Å². The van der Waals surface area contributed by atoms with Crippen molar-refractivity contribution in [2.45, 2.75) is 13.2 Å². The average Bonchev–Trinajstić information content (AvgIpc) is 2.53. The number of nitrogens with one attached hydrogen (secondary N) is 1. The van der Waals surface area contributed by atoms with Crippen LogP contribution in [-0.2, 0) is 6.54 Å². The van der Waals surface area contributed by atoms with Gasteiger partial charge in [-0.3, -0.25) is 10.1 Å². The number of pyridine rings is 1. The molecule has 0 aliphatic carbocycles. The zero-order valence-electron chi connectivity index (χ0n) is 12.0. The van der Waals surface area contributed by atoms with E-state index in [1.165, 1.54) is 37.6 Å². The minimum Gasteiger partial charge on any atom is -0.493 e. The van der Waals surface area contributed by atoms with Crippen molar-refractivity contribution in [2.24, 2.45) is 0 Å². The van der Waals surface area contributed by atoms with Gasteiger partial charge in [-0.25, -0.2) is 4.98 Å². The lowest BCUT2D eigenvalue weighted by Gasteiger charge is -2.12. The number of anilines is 1. The summed E-state index contributed by atoms with van der Waals surface area (Å²) in [5.41, 5.74) is 0.500. The standard InChI is InChI=1S/C14H13F2N3O4/c1-22-12-7-9(4-5-11(12)23-14(15)16)8-18-13-10(19(20)21)3-2-6-17-13/h2-7,14H,8H2,1H3,(H,17,18). The van der Waals surface area contributed by atoms with E-state index in [0.717, 1.165) is 0 Å². The van der Waals surface area contributed by atoms with Crippen molar-refractivity contribution in [1.29, 1.82) is 0 Å². The summed E-state index contributed by atoms with van der Waals surface area (Å²) < 4.78 is 33.8. The van der Waals surface area contributed by atoms with Gasteiger partial charge in [0.1, 0.15) is 0 Å². The van der Waals surface area contributed by atoms with E-state index in [9.17, 15) is 18.9 Å². The molecule has 2 aromatic rings. The van der Waals surface area contributed by atoms with Crippen molar-refractivity contribution in [1.82, 2.24) is 4.98 Å². The fraction of sp³-hybridized carbons (Fsp3) is 0.214. The molecule has 122 valence electrons. The summed E-state index contributed by atoms with van der Waals surface area (Å²) in [6.45, 7) is -2.76. The van der Waals surface area contributed by atoms with Gasteiger partial charge in [0.2, 0.25) is 5.82 Å². The molecule has 9 heteroatoms. The highest BCUT2D eigenvalue weighted by molar-refractivity contribution is 5.55. The largest absolute Gasteiger partial charge is 0.493 e. The quantitative estimate of drug-likeness (QED) is 0.621. The molecule has 0 atom stereocenters. The Balaban J connectivity index is 2.14. The molecule has 23 heavy (non-hydrogen) atoms. The van der Waals surface area contributed by atoms with Crippen LogP contribution in [0.5, 0.6) is 11.5 Å². The molecule has 0 unspecified atom stereocenters. The van der Waals surface area contributed by atoms with E-state index in [-0.39, 0.29) is 29.5 Å². The zero-order chi connectivity index (χ0) is 16.8. The summed E-state index contributed by atoms with van der Waals surface area (Å²) in [5, 5.41) is 13.7. The molecule has 0 bridgehead atoms. The van der Waals surface area contributed by atoms with E-state index in [1.54, 1.807) is 6.07 Å². The normalized spacial score (nSPS) is 10.4. The summed E-state index contributed by atoms with van der Waals surface area (Å²) in [7, 11) is 1.33. The van der Waals surface area contributed by atoms with Gasteiger partial charge in [-0.2, -0.15) is 8.78 Å². The van der Waals surface area contributed by atoms with Gasteiger partial charge in [-0.05, 0) is 23.8 Å². The number of rotatable bonds is 7. The van der Waals surface area contributed by atoms with E-state index < -0.39 is 11.5 Å². The van der Waals surface area contributed by atoms with Gasteiger partial charge < -0.3 is 14.8 Å². The Labute approximate surface area is 130 Å². The minimum atomic E-state index is -2.95. The van der Waals surface area contributed by atoms with Gasteiger partial charge >= 0.3 is 12.3 Å². The fourth-order valence-electron chi connectivity index (χ4n) is 1.88. The molecule has 1 aromatic carbocycles. The fourth-order valence-corrected chi connectivity index (χ4v) is 1.88. The van der Waals surface area contributed by atoms with Gasteiger partial charge in [0.25, 0.3) is 0 Å². The van der Waals surface area contributed by atoms with E-state index in [2.05, 4.69) is 15.0 Å². The molecule has 1 aromatic heterocycles. The Hall–Kier alpha value is -2.97. The average molecular weight is 325 g/mol. The third kappa shape index (κ3) is 4.25. The maximum atomic E-state index is 12.3. The lowest BCUT2D eigenvalue weighted by atomic mass is 10.2. The van der Waals surface area contributed by atoms with E-state index in [4.69, 9.17) is 4.74 Å². The van der Waals surface area contributed by atoms with Crippen LogP contribution in [0.25, 0.3) is 0 Å². The second-order valence-corrected chi connectivity index (χ2v) is 4.35. The van der Waals surface area contributed by atoms with Crippen LogP contribution in [0.15, 0.2) is 36.5 Å². The van der Waals surface area contributed by atoms with Crippen molar-refractivity contribution >= 4 is 11.5 Å². The summed E-state index contributed by atoms with van der Waals surface area (Å²) in [4.78, 5) is 14.3. The van der Waals surface area contributed by atoms with Crippen LogP contribution in [0.3, 0.4) is 0 Å². The van der Waals surface area contributed by atoms with Gasteiger partial charge in [-0.15, -0.1) is 0 Å². The highest BCUT2D eigenvalue weighted by Crippen LogP contribution is 2.30. The first-order chi connectivity index (χ1) is 11.0. The third-order valence-electron chi connectivity index (χ3n) is 2.89. The van der Waals surface area contributed by atoms with Crippen LogP contribution in [-0.4, -0.2) is 23.6 Å². The number of nitro groups is 1. The van der Waals surface area contributed by atoms with Crippen LogP contribution in [0.1, 0.15) is 5.56 Å². The molecular weight excluding hydrogens is 312 g/mol. The monoisotopic (exact) mass is 325 g/mol. The van der Waals surface area contributed by atoms with Crippen molar-refractivity contribution in [2.75, 3.05) is 12.4 Å². The molecule has 0 aliphatic rings. The Kier molecular flexibility index (Phi) is 5.23. The Bertz CT molecular complexity index is 697. The summed E-state index contributed by atoms with van der Waals surface area (Å²) >= 11 is 0. The maximum Gasteiger partial charge on any atom is 0.387 e. The predicted octanol–water partition coefficient (Wildman–Crippen LogP) is 3.21. The Morgan fingerprint density at radius 3 is 2.78 bits per heavy atom. The minimum absolute atomic E-state index is 0.0879. The second kappa shape index (κ2) is 7.34. The zero-order valence-corrected chi connectivity index (χ0v) is 12.0. The molecule has 0 saturated heterocycles. The van der Waals surface area contributed by atoms with Crippen LogP contribution >= 0.6 is 0 Å². The molecule has 0 radical (unpaired) electrons. The van der Waals surface area contributed by atoms with Gasteiger partial charge in [0.15, 0.2) is 11.5 Å². The molecule has 2 rings (SSSR count). The number of hydrogen-bond donors (Lipinski definition) is 1. The number of alkyl halides is 2. The van der Waals surface area contributed by atoms with Crippen molar-refractivity contribution < 1.29 is 23.2 Å². The van der Waals surface area contributed by atoms with Gasteiger partial charge in [0.05, 0.1) is 12.0 Å². The lowest BCUT2D eigenvalue weighted by Crippen LogP contribution is -2.06. The topological polar surface area (TPSA) is 86.5 Å². The number of aromatic nitrogens is 1. The third-order valence-corrected chi connectivity index (χ3v) is 2.89. The van der Waals surface area contributed by atoms with E-state index in [1.807, 2.05) is 0 Å².